The highest BCUT2D eigenvalue weighted by molar-refractivity contribution is 5.91. The first kappa shape index (κ1) is 25.3. The molecule has 7 nitrogen and oxygen atoms in total. The minimum Gasteiger partial charge on any atom is -0.319 e. The predicted octanol–water partition coefficient (Wildman–Crippen LogP) is 4.54. The quantitative estimate of drug-likeness (QED) is 0.417. The molecule has 0 radical (unpaired) electrons. The summed E-state index contributed by atoms with van der Waals surface area (Å²) in [6, 6.07) is 23.2. The van der Waals surface area contributed by atoms with Crippen molar-refractivity contribution in [3.63, 3.8) is 0 Å². The summed E-state index contributed by atoms with van der Waals surface area (Å²) in [6.07, 6.45) is 5.78. The number of hydrogen-bond acceptors (Lipinski definition) is 5. The van der Waals surface area contributed by atoms with Crippen molar-refractivity contribution in [3.8, 4) is 17.2 Å². The number of carbonyl (C=O) groups is 1. The van der Waals surface area contributed by atoms with E-state index >= 15 is 0 Å². The van der Waals surface area contributed by atoms with Gasteiger partial charge in [0.2, 0.25) is 5.91 Å². The lowest BCUT2D eigenvalue weighted by Crippen LogP contribution is -2.15. The summed E-state index contributed by atoms with van der Waals surface area (Å²) in [5.74, 6) is 0.971. The van der Waals surface area contributed by atoms with Gasteiger partial charge in [0.1, 0.15) is 5.82 Å². The Labute approximate surface area is 206 Å². The summed E-state index contributed by atoms with van der Waals surface area (Å²) in [6.45, 7) is 3.13. The number of benzene rings is 2. The molecule has 0 fully saturated rings. The highest BCUT2D eigenvalue weighted by atomic mass is 16.1. The van der Waals surface area contributed by atoms with Gasteiger partial charge in [-0.3, -0.25) is 9.48 Å². The van der Waals surface area contributed by atoms with Gasteiger partial charge in [-0.2, -0.15) is 10.4 Å². The van der Waals surface area contributed by atoms with E-state index in [1.54, 1.807) is 23.1 Å². The van der Waals surface area contributed by atoms with E-state index in [1.165, 1.54) is 5.56 Å². The summed E-state index contributed by atoms with van der Waals surface area (Å²) in [5.41, 5.74) is 4.94. The molecule has 0 spiro atoms. The molecule has 2 aromatic carbocycles. The molecule has 0 aliphatic heterocycles. The monoisotopic (exact) mass is 466 g/mol. The number of aromatic nitrogens is 3. The van der Waals surface area contributed by atoms with Gasteiger partial charge in [0.25, 0.3) is 0 Å². The van der Waals surface area contributed by atoms with Crippen molar-refractivity contribution in [2.24, 2.45) is 7.05 Å². The number of carbonyl (C=O) groups excluding carboxylic acids is 1. The van der Waals surface area contributed by atoms with Crippen LogP contribution in [0.25, 0.3) is 11.1 Å². The summed E-state index contributed by atoms with van der Waals surface area (Å²) >= 11 is 0. The Bertz CT molecular complexity index is 1240. The third kappa shape index (κ3) is 7.91. The predicted molar refractivity (Wildman–Crippen MR) is 139 cm³/mol. The zero-order valence-electron chi connectivity index (χ0n) is 20.3. The molecular weight excluding hydrogens is 436 g/mol. The molecular formula is C28H30N6O. The third-order valence-corrected chi connectivity index (χ3v) is 5.40. The van der Waals surface area contributed by atoms with Gasteiger partial charge in [-0.15, -0.1) is 0 Å². The number of nitrogens with zero attached hydrogens (tertiary/aromatic N) is 4. The van der Waals surface area contributed by atoms with Crippen molar-refractivity contribution in [1.29, 1.82) is 5.26 Å². The molecule has 1 unspecified atom stereocenters. The highest BCUT2D eigenvalue weighted by Crippen LogP contribution is 2.18. The lowest BCUT2D eigenvalue weighted by molar-refractivity contribution is -0.115. The van der Waals surface area contributed by atoms with Crippen LogP contribution in [0.4, 0.5) is 5.82 Å². The van der Waals surface area contributed by atoms with Crippen LogP contribution in [-0.2, 0) is 18.3 Å². The first-order valence-corrected chi connectivity index (χ1v) is 11.4. The average Bonchev–Trinajstić information content (AvgIpc) is 3.32. The zero-order chi connectivity index (χ0) is 25.0. The van der Waals surface area contributed by atoms with Crippen LogP contribution in [0, 0.1) is 11.3 Å². The number of aryl methyl sites for hydroxylation is 1. The molecule has 0 bridgehead atoms. The number of nitriles is 1. The Kier molecular flexibility index (Phi) is 9.29. The Morgan fingerprint density at radius 3 is 2.34 bits per heavy atom. The van der Waals surface area contributed by atoms with Gasteiger partial charge >= 0.3 is 0 Å². The SMILES string of the molecule is CNCC(C)c1ccc(C#N)cc1.Cn1cc(-c2ccc(NC(=O)Cc3ccccc3)nc2)cn1. The molecule has 2 aromatic heterocycles. The van der Waals surface area contributed by atoms with E-state index in [-0.39, 0.29) is 5.91 Å². The summed E-state index contributed by atoms with van der Waals surface area (Å²) in [4.78, 5) is 16.3. The molecule has 0 saturated carbocycles. The minimum absolute atomic E-state index is 0.0761. The highest BCUT2D eigenvalue weighted by Gasteiger charge is 2.06. The van der Waals surface area contributed by atoms with Crippen LogP contribution in [0.2, 0.25) is 0 Å². The summed E-state index contributed by atoms with van der Waals surface area (Å²) in [5, 5.41) is 18.7. The zero-order valence-corrected chi connectivity index (χ0v) is 20.3. The fourth-order valence-corrected chi connectivity index (χ4v) is 3.49. The van der Waals surface area contributed by atoms with E-state index < -0.39 is 0 Å². The van der Waals surface area contributed by atoms with Crippen LogP contribution in [-0.4, -0.2) is 34.3 Å². The Morgan fingerprint density at radius 2 is 1.77 bits per heavy atom. The summed E-state index contributed by atoms with van der Waals surface area (Å²) in [7, 11) is 3.81. The van der Waals surface area contributed by atoms with Crippen LogP contribution in [0.1, 0.15) is 29.5 Å². The molecule has 0 aliphatic carbocycles. The van der Waals surface area contributed by atoms with Crippen LogP contribution in [0.3, 0.4) is 0 Å². The Hall–Kier alpha value is -4.28. The average molecular weight is 467 g/mol. The number of likely N-dealkylation sites (N-methyl/N-ethyl adjacent to an activating group) is 1. The first-order valence-electron chi connectivity index (χ1n) is 11.4. The number of rotatable bonds is 7. The maximum atomic E-state index is 12.0. The van der Waals surface area contributed by atoms with Gasteiger partial charge in [0.15, 0.2) is 0 Å². The van der Waals surface area contributed by atoms with Gasteiger partial charge in [-0.25, -0.2) is 4.98 Å². The number of hydrogen-bond donors (Lipinski definition) is 2. The second-order valence-corrected chi connectivity index (χ2v) is 8.24. The van der Waals surface area contributed by atoms with Crippen molar-refractivity contribution in [1.82, 2.24) is 20.1 Å². The molecule has 178 valence electrons. The summed E-state index contributed by atoms with van der Waals surface area (Å²) < 4.78 is 1.74. The Balaban J connectivity index is 0.000000225. The molecule has 1 atom stereocenters. The lowest BCUT2D eigenvalue weighted by atomic mass is 10.0. The normalized spacial score (nSPS) is 11.0. The van der Waals surface area contributed by atoms with Crippen LogP contribution >= 0.6 is 0 Å². The maximum absolute atomic E-state index is 12.0. The molecule has 35 heavy (non-hydrogen) atoms. The number of nitrogens with one attached hydrogen (secondary N) is 2. The lowest BCUT2D eigenvalue weighted by Gasteiger charge is -2.10. The second kappa shape index (κ2) is 12.8. The molecule has 2 N–H and O–H groups in total. The fraction of sp³-hybridized carbons (Fsp3) is 0.214. The molecule has 0 saturated heterocycles. The molecule has 2 heterocycles. The number of amides is 1. The van der Waals surface area contributed by atoms with Gasteiger partial charge in [0.05, 0.1) is 24.3 Å². The number of pyridine rings is 1. The standard InChI is InChI=1S/C17H16N4O.C11H14N2/c1-21-12-15(11-19-21)14-7-8-16(18-10-14)20-17(22)9-13-5-3-2-4-6-13;1-9(8-13-2)11-5-3-10(7-12)4-6-11/h2-8,10-12H,9H2,1H3,(H,18,20,22);3-6,9,13H,8H2,1-2H3. The molecule has 1 amide bonds. The van der Waals surface area contributed by atoms with Crippen molar-refractivity contribution < 1.29 is 4.79 Å². The van der Waals surface area contributed by atoms with Gasteiger partial charge in [-0.05, 0) is 48.4 Å². The van der Waals surface area contributed by atoms with Crippen LogP contribution < -0.4 is 10.6 Å². The Morgan fingerprint density at radius 1 is 1.03 bits per heavy atom. The topological polar surface area (TPSA) is 95.6 Å². The van der Waals surface area contributed by atoms with E-state index in [0.29, 0.717) is 18.2 Å². The van der Waals surface area contributed by atoms with Crippen LogP contribution in [0.15, 0.2) is 85.3 Å². The maximum Gasteiger partial charge on any atom is 0.229 e. The molecule has 4 rings (SSSR count). The second-order valence-electron chi connectivity index (χ2n) is 8.24. The smallest absolute Gasteiger partial charge is 0.229 e. The molecule has 0 aliphatic rings. The van der Waals surface area contributed by atoms with E-state index in [2.05, 4.69) is 33.7 Å². The third-order valence-electron chi connectivity index (χ3n) is 5.40. The van der Waals surface area contributed by atoms with Gasteiger partial charge < -0.3 is 10.6 Å². The van der Waals surface area contributed by atoms with E-state index in [4.69, 9.17) is 5.26 Å². The molecule has 7 heteroatoms. The van der Waals surface area contributed by atoms with Crippen molar-refractivity contribution in [3.05, 3.63) is 102 Å². The van der Waals surface area contributed by atoms with E-state index in [1.807, 2.05) is 81.0 Å². The number of anilines is 1. The van der Waals surface area contributed by atoms with E-state index in [0.717, 1.165) is 28.8 Å². The fourth-order valence-electron chi connectivity index (χ4n) is 3.49. The van der Waals surface area contributed by atoms with Gasteiger partial charge in [-0.1, -0.05) is 49.4 Å². The minimum atomic E-state index is -0.0761. The van der Waals surface area contributed by atoms with Crippen molar-refractivity contribution in [2.45, 2.75) is 19.3 Å². The van der Waals surface area contributed by atoms with Crippen LogP contribution in [0.5, 0.6) is 0 Å². The largest absolute Gasteiger partial charge is 0.319 e. The van der Waals surface area contributed by atoms with Crippen molar-refractivity contribution >= 4 is 11.7 Å². The first-order chi connectivity index (χ1) is 17.0. The van der Waals surface area contributed by atoms with Gasteiger partial charge in [0, 0.05) is 37.1 Å². The van der Waals surface area contributed by atoms with E-state index in [9.17, 15) is 4.79 Å². The molecule has 4 aromatic rings. The van der Waals surface area contributed by atoms with Crippen molar-refractivity contribution in [2.75, 3.05) is 18.9 Å².